The van der Waals surface area contributed by atoms with Crippen molar-refractivity contribution in [2.75, 3.05) is 26.2 Å². The Labute approximate surface area is 104 Å². The standard InChI is InChI=1S/C13H25N3O/c14-9-12-10-15-7-8-16(12)13(17)11-5-3-1-2-4-6-11/h11-12,15H,1-10,14H2. The highest BCUT2D eigenvalue weighted by molar-refractivity contribution is 5.79. The van der Waals surface area contributed by atoms with Gasteiger partial charge in [-0.3, -0.25) is 4.79 Å². The largest absolute Gasteiger partial charge is 0.336 e. The number of hydrogen-bond donors (Lipinski definition) is 2. The van der Waals surface area contributed by atoms with Crippen molar-refractivity contribution in [3.05, 3.63) is 0 Å². The summed E-state index contributed by atoms with van der Waals surface area (Å²) < 4.78 is 0. The van der Waals surface area contributed by atoms with E-state index in [0.29, 0.717) is 12.5 Å². The molecule has 3 N–H and O–H groups in total. The molecule has 0 bridgehead atoms. The summed E-state index contributed by atoms with van der Waals surface area (Å²) in [6, 6.07) is 0.208. The fourth-order valence-corrected chi connectivity index (χ4v) is 3.02. The molecular formula is C13H25N3O. The van der Waals surface area contributed by atoms with Crippen LogP contribution in [0.25, 0.3) is 0 Å². The lowest BCUT2D eigenvalue weighted by Crippen LogP contribution is -2.57. The predicted molar refractivity (Wildman–Crippen MR) is 68.6 cm³/mol. The van der Waals surface area contributed by atoms with Gasteiger partial charge in [0, 0.05) is 32.1 Å². The number of rotatable bonds is 2. The Morgan fingerprint density at radius 3 is 2.59 bits per heavy atom. The van der Waals surface area contributed by atoms with E-state index in [9.17, 15) is 4.79 Å². The van der Waals surface area contributed by atoms with Crippen LogP contribution in [0, 0.1) is 5.92 Å². The van der Waals surface area contributed by atoms with E-state index in [0.717, 1.165) is 32.5 Å². The molecule has 1 aliphatic heterocycles. The second-order valence-electron chi connectivity index (χ2n) is 5.31. The van der Waals surface area contributed by atoms with Crippen LogP contribution < -0.4 is 11.1 Å². The molecular weight excluding hydrogens is 214 g/mol. The second kappa shape index (κ2) is 6.36. The van der Waals surface area contributed by atoms with E-state index in [-0.39, 0.29) is 12.0 Å². The fourth-order valence-electron chi connectivity index (χ4n) is 3.02. The number of nitrogens with two attached hydrogens (primary N) is 1. The van der Waals surface area contributed by atoms with Gasteiger partial charge in [-0.05, 0) is 12.8 Å². The molecule has 0 radical (unpaired) electrons. The highest BCUT2D eigenvalue weighted by atomic mass is 16.2. The lowest BCUT2D eigenvalue weighted by atomic mass is 9.97. The molecule has 0 spiro atoms. The quantitative estimate of drug-likeness (QED) is 0.698. The number of nitrogens with one attached hydrogen (secondary N) is 1. The maximum Gasteiger partial charge on any atom is 0.226 e. The van der Waals surface area contributed by atoms with Crippen molar-refractivity contribution in [2.24, 2.45) is 11.7 Å². The van der Waals surface area contributed by atoms with E-state index in [1.54, 1.807) is 0 Å². The number of amides is 1. The number of piperazine rings is 1. The van der Waals surface area contributed by atoms with Gasteiger partial charge >= 0.3 is 0 Å². The van der Waals surface area contributed by atoms with Crippen molar-refractivity contribution in [1.82, 2.24) is 10.2 Å². The summed E-state index contributed by atoms with van der Waals surface area (Å²) in [4.78, 5) is 14.6. The van der Waals surface area contributed by atoms with E-state index in [1.807, 2.05) is 4.90 Å². The normalized spacial score (nSPS) is 27.8. The molecule has 17 heavy (non-hydrogen) atoms. The zero-order valence-corrected chi connectivity index (χ0v) is 10.7. The third-order valence-electron chi connectivity index (χ3n) is 4.11. The Balaban J connectivity index is 1.96. The molecule has 98 valence electrons. The molecule has 1 saturated carbocycles. The van der Waals surface area contributed by atoms with Crippen LogP contribution in [-0.4, -0.2) is 43.0 Å². The van der Waals surface area contributed by atoms with Crippen LogP contribution >= 0.6 is 0 Å². The van der Waals surface area contributed by atoms with Gasteiger partial charge in [0.2, 0.25) is 5.91 Å². The number of nitrogens with zero attached hydrogens (tertiary/aromatic N) is 1. The second-order valence-corrected chi connectivity index (χ2v) is 5.31. The molecule has 4 nitrogen and oxygen atoms in total. The van der Waals surface area contributed by atoms with E-state index < -0.39 is 0 Å². The summed E-state index contributed by atoms with van der Waals surface area (Å²) in [5.74, 6) is 0.633. The first kappa shape index (κ1) is 12.8. The molecule has 1 amide bonds. The molecule has 2 aliphatic rings. The Morgan fingerprint density at radius 1 is 1.24 bits per heavy atom. The highest BCUT2D eigenvalue weighted by Gasteiger charge is 2.30. The highest BCUT2D eigenvalue weighted by Crippen LogP contribution is 2.25. The van der Waals surface area contributed by atoms with E-state index in [2.05, 4.69) is 5.32 Å². The molecule has 4 heteroatoms. The molecule has 0 aromatic heterocycles. The van der Waals surface area contributed by atoms with Crippen LogP contribution in [0.5, 0.6) is 0 Å². The van der Waals surface area contributed by atoms with Gasteiger partial charge in [0.05, 0.1) is 6.04 Å². The van der Waals surface area contributed by atoms with Crippen molar-refractivity contribution in [3.8, 4) is 0 Å². The maximum absolute atomic E-state index is 12.5. The summed E-state index contributed by atoms with van der Waals surface area (Å²) in [6.45, 7) is 3.17. The smallest absolute Gasteiger partial charge is 0.226 e. The van der Waals surface area contributed by atoms with Crippen LogP contribution in [0.1, 0.15) is 38.5 Å². The lowest BCUT2D eigenvalue weighted by Gasteiger charge is -2.37. The zero-order valence-electron chi connectivity index (χ0n) is 10.7. The molecule has 2 fully saturated rings. The van der Waals surface area contributed by atoms with Crippen molar-refractivity contribution in [1.29, 1.82) is 0 Å². The summed E-state index contributed by atoms with van der Waals surface area (Å²) in [5.41, 5.74) is 5.76. The SMILES string of the molecule is NCC1CNCCN1C(=O)C1CCCCCC1. The van der Waals surface area contributed by atoms with Crippen LogP contribution in [0.4, 0.5) is 0 Å². The van der Waals surface area contributed by atoms with E-state index in [1.165, 1.54) is 25.7 Å². The lowest BCUT2D eigenvalue weighted by molar-refractivity contribution is -0.139. The number of carbonyl (C=O) groups excluding carboxylic acids is 1. The third-order valence-corrected chi connectivity index (χ3v) is 4.11. The molecule has 1 aliphatic carbocycles. The first-order valence-corrected chi connectivity index (χ1v) is 7.04. The minimum absolute atomic E-state index is 0.208. The van der Waals surface area contributed by atoms with Crippen molar-refractivity contribution >= 4 is 5.91 Å². The first-order valence-electron chi connectivity index (χ1n) is 7.04. The van der Waals surface area contributed by atoms with E-state index in [4.69, 9.17) is 5.73 Å². The monoisotopic (exact) mass is 239 g/mol. The fraction of sp³-hybridized carbons (Fsp3) is 0.923. The van der Waals surface area contributed by atoms with Crippen molar-refractivity contribution in [3.63, 3.8) is 0 Å². The molecule has 1 heterocycles. The topological polar surface area (TPSA) is 58.4 Å². The Bertz CT molecular complexity index is 249. The summed E-state index contributed by atoms with van der Waals surface area (Å²) in [5, 5.41) is 3.31. The van der Waals surface area contributed by atoms with Gasteiger partial charge in [-0.25, -0.2) is 0 Å². The average molecular weight is 239 g/mol. The van der Waals surface area contributed by atoms with Gasteiger partial charge in [0.1, 0.15) is 0 Å². The predicted octanol–water partition coefficient (Wildman–Crippen LogP) is 0.716. The maximum atomic E-state index is 12.5. The van der Waals surface area contributed by atoms with Gasteiger partial charge in [-0.15, -0.1) is 0 Å². The number of hydrogen-bond acceptors (Lipinski definition) is 3. The van der Waals surface area contributed by atoms with Crippen molar-refractivity contribution < 1.29 is 4.79 Å². The zero-order chi connectivity index (χ0) is 12.1. The van der Waals surface area contributed by atoms with E-state index >= 15 is 0 Å². The molecule has 0 aromatic rings. The molecule has 1 unspecified atom stereocenters. The molecule has 1 atom stereocenters. The van der Waals surface area contributed by atoms with Gasteiger partial charge in [-0.2, -0.15) is 0 Å². The molecule has 0 aromatic carbocycles. The van der Waals surface area contributed by atoms with Gasteiger partial charge < -0.3 is 16.0 Å². The minimum Gasteiger partial charge on any atom is -0.336 e. The Hall–Kier alpha value is -0.610. The summed E-state index contributed by atoms with van der Waals surface area (Å²) in [7, 11) is 0. The summed E-state index contributed by atoms with van der Waals surface area (Å²) in [6.07, 6.45) is 7.20. The Morgan fingerprint density at radius 2 is 1.94 bits per heavy atom. The van der Waals surface area contributed by atoms with Gasteiger partial charge in [0.15, 0.2) is 0 Å². The number of carbonyl (C=O) groups is 1. The molecule has 2 rings (SSSR count). The third kappa shape index (κ3) is 3.19. The molecule has 1 saturated heterocycles. The van der Waals surface area contributed by atoms with Crippen LogP contribution in [-0.2, 0) is 4.79 Å². The average Bonchev–Trinajstić information content (AvgIpc) is 2.66. The van der Waals surface area contributed by atoms with Crippen LogP contribution in [0.3, 0.4) is 0 Å². The van der Waals surface area contributed by atoms with Crippen LogP contribution in [0.2, 0.25) is 0 Å². The Kier molecular flexibility index (Phi) is 4.80. The first-order chi connectivity index (χ1) is 8.33. The van der Waals surface area contributed by atoms with Crippen LogP contribution in [0.15, 0.2) is 0 Å². The van der Waals surface area contributed by atoms with Gasteiger partial charge in [0.25, 0.3) is 0 Å². The summed E-state index contributed by atoms with van der Waals surface area (Å²) >= 11 is 0. The minimum atomic E-state index is 0.208. The van der Waals surface area contributed by atoms with Crippen molar-refractivity contribution in [2.45, 2.75) is 44.6 Å². The van der Waals surface area contributed by atoms with Gasteiger partial charge in [-0.1, -0.05) is 25.7 Å².